The van der Waals surface area contributed by atoms with Crippen molar-refractivity contribution in [2.75, 3.05) is 5.32 Å². The second-order valence-corrected chi connectivity index (χ2v) is 5.20. The largest absolute Gasteiger partial charge is 0.481 e. The number of hydrogen-bond donors (Lipinski definition) is 2. The summed E-state index contributed by atoms with van der Waals surface area (Å²) in [7, 11) is 1.77. The Morgan fingerprint density at radius 1 is 1.45 bits per heavy atom. The second kappa shape index (κ2) is 5.41. The number of nitrogens with one attached hydrogen (secondary N) is 1. The molecule has 106 valence electrons. The number of carbonyl (C=O) groups excluding carboxylic acids is 1. The van der Waals surface area contributed by atoms with E-state index in [1.54, 1.807) is 24.0 Å². The van der Waals surface area contributed by atoms with Crippen LogP contribution in [-0.2, 0) is 18.3 Å². The fourth-order valence-corrected chi connectivity index (χ4v) is 2.57. The van der Waals surface area contributed by atoms with Gasteiger partial charge in [0.05, 0.1) is 23.4 Å². The normalized spacial score (nSPS) is 10.6. The molecular weight excluding hydrogens is 280 g/mol. The van der Waals surface area contributed by atoms with E-state index < -0.39 is 5.97 Å². The molecule has 2 rings (SSSR count). The van der Waals surface area contributed by atoms with Crippen LogP contribution < -0.4 is 5.32 Å². The molecule has 0 aliphatic rings. The van der Waals surface area contributed by atoms with Gasteiger partial charge in [0.1, 0.15) is 0 Å². The lowest BCUT2D eigenvalue weighted by Crippen LogP contribution is -2.14. The second-order valence-electron chi connectivity index (χ2n) is 4.34. The van der Waals surface area contributed by atoms with Gasteiger partial charge in [-0.1, -0.05) is 0 Å². The Labute approximate surface area is 119 Å². The summed E-state index contributed by atoms with van der Waals surface area (Å²) < 4.78 is 1.64. The first-order valence-electron chi connectivity index (χ1n) is 5.86. The Bertz CT molecular complexity index is 674. The van der Waals surface area contributed by atoms with E-state index in [-0.39, 0.29) is 12.3 Å². The maximum atomic E-state index is 12.2. The molecule has 2 aromatic heterocycles. The van der Waals surface area contributed by atoms with Crippen molar-refractivity contribution in [1.29, 1.82) is 0 Å². The van der Waals surface area contributed by atoms with E-state index in [0.717, 1.165) is 5.69 Å². The van der Waals surface area contributed by atoms with Crippen LogP contribution in [0.15, 0.2) is 5.38 Å². The first-order chi connectivity index (χ1) is 9.38. The predicted octanol–water partition coefficient (Wildman–Crippen LogP) is 1.37. The first kappa shape index (κ1) is 14.2. The number of aliphatic carboxylic acids is 1. The van der Waals surface area contributed by atoms with Crippen molar-refractivity contribution in [2.45, 2.75) is 20.3 Å². The third-order valence-electron chi connectivity index (χ3n) is 2.84. The monoisotopic (exact) mass is 294 g/mol. The van der Waals surface area contributed by atoms with Gasteiger partial charge in [0.15, 0.2) is 5.13 Å². The molecule has 0 saturated heterocycles. The third-order valence-corrected chi connectivity index (χ3v) is 3.65. The Morgan fingerprint density at radius 3 is 2.70 bits per heavy atom. The van der Waals surface area contributed by atoms with Gasteiger partial charge in [0.25, 0.3) is 5.91 Å². The van der Waals surface area contributed by atoms with Crippen molar-refractivity contribution in [3.8, 4) is 0 Å². The fraction of sp³-hybridized carbons (Fsp3) is 0.333. The predicted molar refractivity (Wildman–Crippen MR) is 74.1 cm³/mol. The van der Waals surface area contributed by atoms with Gasteiger partial charge in [0.2, 0.25) is 0 Å². The van der Waals surface area contributed by atoms with Crippen LogP contribution in [0.5, 0.6) is 0 Å². The highest BCUT2D eigenvalue weighted by atomic mass is 32.1. The van der Waals surface area contributed by atoms with Gasteiger partial charge < -0.3 is 5.11 Å². The minimum Gasteiger partial charge on any atom is -0.481 e. The van der Waals surface area contributed by atoms with Gasteiger partial charge in [-0.25, -0.2) is 4.98 Å². The number of carboxylic acids is 1. The lowest BCUT2D eigenvalue weighted by atomic mass is 10.2. The highest BCUT2D eigenvalue weighted by Crippen LogP contribution is 2.19. The number of carboxylic acid groups (broad SMARTS) is 1. The number of hydrogen-bond acceptors (Lipinski definition) is 5. The molecule has 0 bridgehead atoms. The van der Waals surface area contributed by atoms with Gasteiger partial charge in [-0.15, -0.1) is 11.3 Å². The zero-order valence-corrected chi connectivity index (χ0v) is 12.1. The van der Waals surface area contributed by atoms with Gasteiger partial charge in [0, 0.05) is 18.1 Å². The maximum Gasteiger partial charge on any atom is 0.309 e. The van der Waals surface area contributed by atoms with Crippen LogP contribution in [0.1, 0.15) is 27.4 Å². The van der Waals surface area contributed by atoms with Crippen molar-refractivity contribution >= 4 is 28.3 Å². The topological polar surface area (TPSA) is 97.1 Å². The standard InChI is InChI=1S/C12H14N4O3S/c1-6-10(7(2)16(3)15-6)11(19)14-12-13-8(5-20-12)4-9(17)18/h5H,4H2,1-3H3,(H,17,18)(H,13,14,19). The molecule has 0 saturated carbocycles. The summed E-state index contributed by atoms with van der Waals surface area (Å²) in [6.07, 6.45) is -0.155. The molecule has 0 aliphatic carbocycles. The van der Waals surface area contributed by atoms with Crippen molar-refractivity contribution in [2.24, 2.45) is 7.05 Å². The third kappa shape index (κ3) is 2.85. The number of aromatic nitrogens is 3. The number of amides is 1. The Hall–Kier alpha value is -2.22. The number of anilines is 1. The summed E-state index contributed by atoms with van der Waals surface area (Å²) in [5, 5.41) is 17.5. The quantitative estimate of drug-likeness (QED) is 0.887. The van der Waals surface area contributed by atoms with E-state index in [2.05, 4.69) is 15.4 Å². The van der Waals surface area contributed by atoms with Crippen LogP contribution in [0.4, 0.5) is 5.13 Å². The van der Waals surface area contributed by atoms with E-state index in [9.17, 15) is 9.59 Å². The average Bonchev–Trinajstić information content (AvgIpc) is 2.84. The molecule has 2 heterocycles. The van der Waals surface area contributed by atoms with Crippen molar-refractivity contribution in [3.63, 3.8) is 0 Å². The summed E-state index contributed by atoms with van der Waals surface area (Å²) in [5.41, 5.74) is 2.35. The number of rotatable bonds is 4. The molecular formula is C12H14N4O3S. The average molecular weight is 294 g/mol. The molecule has 0 spiro atoms. The van der Waals surface area contributed by atoms with Crippen LogP contribution in [0.2, 0.25) is 0 Å². The lowest BCUT2D eigenvalue weighted by Gasteiger charge is -2.02. The van der Waals surface area contributed by atoms with Gasteiger partial charge in [-0.3, -0.25) is 19.6 Å². The molecule has 1 amide bonds. The lowest BCUT2D eigenvalue weighted by molar-refractivity contribution is -0.136. The number of nitrogens with zero attached hydrogens (tertiary/aromatic N) is 3. The minimum absolute atomic E-state index is 0.155. The Kier molecular flexibility index (Phi) is 3.84. The van der Waals surface area contributed by atoms with E-state index in [1.165, 1.54) is 11.3 Å². The number of thiazole rings is 1. The highest BCUT2D eigenvalue weighted by Gasteiger charge is 2.18. The maximum absolute atomic E-state index is 12.2. The highest BCUT2D eigenvalue weighted by molar-refractivity contribution is 7.14. The van der Waals surface area contributed by atoms with Crippen LogP contribution in [0, 0.1) is 13.8 Å². The van der Waals surface area contributed by atoms with Crippen molar-refractivity contribution in [1.82, 2.24) is 14.8 Å². The molecule has 0 aliphatic heterocycles. The van der Waals surface area contributed by atoms with Gasteiger partial charge in [-0.05, 0) is 13.8 Å². The number of aryl methyl sites for hydroxylation is 2. The Morgan fingerprint density at radius 2 is 2.15 bits per heavy atom. The summed E-state index contributed by atoms with van der Waals surface area (Å²) in [5.74, 6) is -1.24. The molecule has 0 unspecified atom stereocenters. The molecule has 2 N–H and O–H groups in total. The van der Waals surface area contributed by atoms with Crippen LogP contribution >= 0.6 is 11.3 Å². The van der Waals surface area contributed by atoms with E-state index in [4.69, 9.17) is 5.11 Å². The fourth-order valence-electron chi connectivity index (χ4n) is 1.86. The molecule has 0 atom stereocenters. The smallest absolute Gasteiger partial charge is 0.309 e. The zero-order chi connectivity index (χ0) is 14.9. The molecule has 7 nitrogen and oxygen atoms in total. The first-order valence-corrected chi connectivity index (χ1v) is 6.74. The molecule has 20 heavy (non-hydrogen) atoms. The van der Waals surface area contributed by atoms with Crippen LogP contribution in [-0.4, -0.2) is 31.7 Å². The minimum atomic E-state index is -0.952. The molecule has 2 aromatic rings. The van der Waals surface area contributed by atoms with Crippen LogP contribution in [0.3, 0.4) is 0 Å². The van der Waals surface area contributed by atoms with Crippen molar-refractivity contribution in [3.05, 3.63) is 28.0 Å². The summed E-state index contributed by atoms with van der Waals surface area (Å²) in [4.78, 5) is 26.8. The van der Waals surface area contributed by atoms with Crippen molar-refractivity contribution < 1.29 is 14.7 Å². The summed E-state index contributed by atoms with van der Waals surface area (Å²) in [6, 6.07) is 0. The number of carbonyl (C=O) groups is 2. The van der Waals surface area contributed by atoms with Gasteiger partial charge >= 0.3 is 5.97 Å². The molecule has 8 heteroatoms. The van der Waals surface area contributed by atoms with Crippen LogP contribution in [0.25, 0.3) is 0 Å². The Balaban J connectivity index is 2.15. The van der Waals surface area contributed by atoms with E-state index in [1.807, 2.05) is 6.92 Å². The zero-order valence-electron chi connectivity index (χ0n) is 11.3. The van der Waals surface area contributed by atoms with E-state index >= 15 is 0 Å². The SMILES string of the molecule is Cc1nn(C)c(C)c1C(=O)Nc1nc(CC(=O)O)cs1. The van der Waals surface area contributed by atoms with E-state index in [0.29, 0.717) is 22.1 Å². The van der Waals surface area contributed by atoms with Gasteiger partial charge in [-0.2, -0.15) is 5.10 Å². The summed E-state index contributed by atoms with van der Waals surface area (Å²) in [6.45, 7) is 3.58. The molecule has 0 aromatic carbocycles. The molecule has 0 radical (unpaired) electrons. The molecule has 0 fully saturated rings. The summed E-state index contributed by atoms with van der Waals surface area (Å²) >= 11 is 1.20.